The largest absolute Gasteiger partial charge is 0.495 e. The van der Waals surface area contributed by atoms with Gasteiger partial charge in [0, 0.05) is 6.07 Å². The number of aliphatic hydroxyl groups is 1. The predicted octanol–water partition coefficient (Wildman–Crippen LogP) is 2.30. The quantitative estimate of drug-likeness (QED) is 0.867. The molecule has 1 N–H and O–H groups in total. The lowest BCUT2D eigenvalue weighted by atomic mass is 9.95. The number of halogens is 1. The third kappa shape index (κ3) is 1.68. The molecule has 0 unspecified atom stereocenters. The van der Waals surface area contributed by atoms with Crippen molar-refractivity contribution in [2.75, 3.05) is 13.9 Å². The topological polar surface area (TPSA) is 47.9 Å². The van der Waals surface area contributed by atoms with Crippen LogP contribution >= 0.6 is 11.6 Å². The summed E-state index contributed by atoms with van der Waals surface area (Å²) in [7, 11) is 1.50. The molecule has 0 saturated heterocycles. The predicted molar refractivity (Wildman–Crippen MR) is 59.4 cm³/mol. The van der Waals surface area contributed by atoms with Crippen molar-refractivity contribution in [3.63, 3.8) is 0 Å². The van der Waals surface area contributed by atoms with E-state index in [1.807, 2.05) is 0 Å². The lowest BCUT2D eigenvalue weighted by molar-refractivity contribution is 0.0714. The van der Waals surface area contributed by atoms with E-state index in [9.17, 15) is 5.11 Å². The molecule has 0 saturated carbocycles. The maximum atomic E-state index is 10.1. The average molecular weight is 245 g/mol. The Balaban J connectivity index is 2.72. The molecule has 88 valence electrons. The Labute approximate surface area is 98.7 Å². The van der Waals surface area contributed by atoms with Gasteiger partial charge in [0.2, 0.25) is 6.79 Å². The number of fused-ring (bicyclic) bond motifs is 1. The summed E-state index contributed by atoms with van der Waals surface area (Å²) in [5, 5.41) is 10.5. The zero-order chi connectivity index (χ0) is 11.9. The minimum atomic E-state index is -1.12. The molecule has 0 aliphatic carbocycles. The Morgan fingerprint density at radius 2 is 2.12 bits per heavy atom. The highest BCUT2D eigenvalue weighted by molar-refractivity contribution is 6.32. The summed E-state index contributed by atoms with van der Waals surface area (Å²) in [5.74, 6) is 1.44. The summed E-state index contributed by atoms with van der Waals surface area (Å²) in [6, 6.07) is 1.62. The van der Waals surface area contributed by atoms with Crippen LogP contribution in [0.2, 0.25) is 5.02 Å². The molecule has 0 bridgehead atoms. The second-order valence-corrected chi connectivity index (χ2v) is 4.47. The Morgan fingerprint density at radius 1 is 1.44 bits per heavy atom. The smallest absolute Gasteiger partial charge is 0.231 e. The van der Waals surface area contributed by atoms with Crippen LogP contribution in [-0.2, 0) is 5.60 Å². The molecule has 0 radical (unpaired) electrons. The van der Waals surface area contributed by atoms with Crippen LogP contribution in [0, 0.1) is 0 Å². The van der Waals surface area contributed by atoms with Gasteiger partial charge in [-0.1, -0.05) is 11.6 Å². The van der Waals surface area contributed by atoms with Crippen LogP contribution < -0.4 is 14.2 Å². The fraction of sp³-hybridized carbons (Fsp3) is 0.455. The normalized spacial score (nSPS) is 14.1. The summed E-state index contributed by atoms with van der Waals surface area (Å²) in [5.41, 5.74) is -0.608. The van der Waals surface area contributed by atoms with Gasteiger partial charge in [-0.2, -0.15) is 0 Å². The van der Waals surface area contributed by atoms with E-state index in [0.29, 0.717) is 27.8 Å². The monoisotopic (exact) mass is 244 g/mol. The molecule has 4 nitrogen and oxygen atoms in total. The van der Waals surface area contributed by atoms with Gasteiger partial charge in [0.25, 0.3) is 0 Å². The van der Waals surface area contributed by atoms with Gasteiger partial charge in [0.15, 0.2) is 11.5 Å². The van der Waals surface area contributed by atoms with Gasteiger partial charge in [-0.15, -0.1) is 0 Å². The van der Waals surface area contributed by atoms with Gasteiger partial charge < -0.3 is 19.3 Å². The zero-order valence-corrected chi connectivity index (χ0v) is 10.1. The lowest BCUT2D eigenvalue weighted by Gasteiger charge is -2.23. The zero-order valence-electron chi connectivity index (χ0n) is 9.33. The van der Waals surface area contributed by atoms with E-state index in [2.05, 4.69) is 0 Å². The van der Waals surface area contributed by atoms with Crippen LogP contribution in [0.3, 0.4) is 0 Å². The maximum absolute atomic E-state index is 10.1. The number of methoxy groups -OCH3 is 1. The molecule has 1 heterocycles. The van der Waals surface area contributed by atoms with Crippen molar-refractivity contribution in [2.24, 2.45) is 0 Å². The van der Waals surface area contributed by atoms with E-state index in [1.54, 1.807) is 19.9 Å². The van der Waals surface area contributed by atoms with Crippen LogP contribution in [0.4, 0.5) is 0 Å². The van der Waals surface area contributed by atoms with E-state index in [4.69, 9.17) is 25.8 Å². The standard InChI is InChI=1S/C11H13ClO4/c1-11(2,13)8-9(14-3)6(12)4-7-10(8)16-5-15-7/h4,13H,5H2,1-3H3. The van der Waals surface area contributed by atoms with Crippen LogP contribution in [-0.4, -0.2) is 19.0 Å². The van der Waals surface area contributed by atoms with Crippen molar-refractivity contribution in [1.29, 1.82) is 0 Å². The highest BCUT2D eigenvalue weighted by atomic mass is 35.5. The van der Waals surface area contributed by atoms with Crippen molar-refractivity contribution in [3.05, 3.63) is 16.7 Å². The van der Waals surface area contributed by atoms with Gasteiger partial charge in [0.05, 0.1) is 23.3 Å². The molecular formula is C11H13ClO4. The highest BCUT2D eigenvalue weighted by Gasteiger charge is 2.33. The van der Waals surface area contributed by atoms with E-state index in [1.165, 1.54) is 7.11 Å². The van der Waals surface area contributed by atoms with Crippen molar-refractivity contribution in [3.8, 4) is 17.2 Å². The van der Waals surface area contributed by atoms with E-state index >= 15 is 0 Å². The Morgan fingerprint density at radius 3 is 2.69 bits per heavy atom. The highest BCUT2D eigenvalue weighted by Crippen LogP contribution is 2.49. The maximum Gasteiger partial charge on any atom is 0.231 e. The van der Waals surface area contributed by atoms with Crippen molar-refractivity contribution in [2.45, 2.75) is 19.4 Å². The summed E-state index contributed by atoms with van der Waals surface area (Å²) >= 11 is 6.05. The van der Waals surface area contributed by atoms with Gasteiger partial charge in [-0.3, -0.25) is 0 Å². The minimum Gasteiger partial charge on any atom is -0.495 e. The molecule has 5 heteroatoms. The van der Waals surface area contributed by atoms with Gasteiger partial charge in [0.1, 0.15) is 5.75 Å². The Bertz CT molecular complexity index is 419. The average Bonchev–Trinajstić information content (AvgIpc) is 2.60. The minimum absolute atomic E-state index is 0.127. The summed E-state index contributed by atoms with van der Waals surface area (Å²) in [6.45, 7) is 3.41. The molecule has 0 atom stereocenters. The van der Waals surface area contributed by atoms with Gasteiger partial charge in [-0.25, -0.2) is 0 Å². The third-order valence-electron chi connectivity index (χ3n) is 2.39. The summed E-state index contributed by atoms with van der Waals surface area (Å²) in [4.78, 5) is 0. The Hall–Kier alpha value is -1.13. The lowest BCUT2D eigenvalue weighted by Crippen LogP contribution is -2.18. The number of ether oxygens (including phenoxy) is 3. The molecule has 0 aromatic heterocycles. The van der Waals surface area contributed by atoms with E-state index in [0.717, 1.165) is 0 Å². The van der Waals surface area contributed by atoms with Crippen LogP contribution in [0.25, 0.3) is 0 Å². The first-order chi connectivity index (χ1) is 7.45. The first-order valence-electron chi connectivity index (χ1n) is 4.84. The van der Waals surface area contributed by atoms with Crippen molar-refractivity contribution >= 4 is 11.6 Å². The first kappa shape index (κ1) is 11.4. The number of benzene rings is 1. The summed E-state index contributed by atoms with van der Waals surface area (Å²) < 4.78 is 15.8. The fourth-order valence-electron chi connectivity index (χ4n) is 1.75. The van der Waals surface area contributed by atoms with Crippen LogP contribution in [0.5, 0.6) is 17.2 Å². The third-order valence-corrected chi connectivity index (χ3v) is 2.67. The van der Waals surface area contributed by atoms with Gasteiger partial charge >= 0.3 is 0 Å². The fourth-order valence-corrected chi connectivity index (χ4v) is 2.02. The number of hydrogen-bond donors (Lipinski definition) is 1. The number of hydrogen-bond acceptors (Lipinski definition) is 4. The second kappa shape index (κ2) is 3.71. The number of rotatable bonds is 2. The molecule has 1 aromatic rings. The van der Waals surface area contributed by atoms with Crippen LogP contribution in [0.15, 0.2) is 6.07 Å². The van der Waals surface area contributed by atoms with Crippen LogP contribution in [0.1, 0.15) is 19.4 Å². The molecule has 0 amide bonds. The molecular weight excluding hydrogens is 232 g/mol. The molecule has 2 rings (SSSR count). The summed E-state index contributed by atoms with van der Waals surface area (Å²) in [6.07, 6.45) is 0. The van der Waals surface area contributed by atoms with Crippen molar-refractivity contribution < 1.29 is 19.3 Å². The first-order valence-corrected chi connectivity index (χ1v) is 5.22. The molecule has 0 fully saturated rings. The van der Waals surface area contributed by atoms with E-state index in [-0.39, 0.29) is 6.79 Å². The molecule has 16 heavy (non-hydrogen) atoms. The Kier molecular flexibility index (Phi) is 2.64. The molecule has 1 aromatic carbocycles. The van der Waals surface area contributed by atoms with Crippen molar-refractivity contribution in [1.82, 2.24) is 0 Å². The molecule has 0 spiro atoms. The molecule has 1 aliphatic rings. The SMILES string of the molecule is COc1c(Cl)cc2c(c1C(C)(C)O)OCO2. The molecule has 1 aliphatic heterocycles. The second-order valence-electron chi connectivity index (χ2n) is 4.06. The van der Waals surface area contributed by atoms with Gasteiger partial charge in [-0.05, 0) is 13.8 Å². The van der Waals surface area contributed by atoms with E-state index < -0.39 is 5.60 Å².